The van der Waals surface area contributed by atoms with Gasteiger partial charge in [-0.05, 0) is 69.9 Å². The summed E-state index contributed by atoms with van der Waals surface area (Å²) in [6.45, 7) is 1.49. The third-order valence-electron chi connectivity index (χ3n) is 6.96. The van der Waals surface area contributed by atoms with Crippen LogP contribution in [0.2, 0.25) is 5.02 Å². The summed E-state index contributed by atoms with van der Waals surface area (Å²) in [6.07, 6.45) is -5.15. The second-order valence-electron chi connectivity index (χ2n) is 10.4. The van der Waals surface area contributed by atoms with Crippen LogP contribution in [0.25, 0.3) is 0 Å². The number of nitrogens with zero attached hydrogens (tertiary/aromatic N) is 2. The minimum atomic E-state index is -4.68. The Kier molecular flexibility index (Phi) is 8.17. The first-order valence-electron chi connectivity index (χ1n) is 12.5. The van der Waals surface area contributed by atoms with E-state index in [1.54, 1.807) is 11.4 Å². The number of rotatable bonds is 7. The van der Waals surface area contributed by atoms with Crippen LogP contribution in [0, 0.1) is 0 Å². The highest BCUT2D eigenvalue weighted by molar-refractivity contribution is 6.31. The Morgan fingerprint density at radius 3 is 2.25 bits per heavy atom. The maximum atomic E-state index is 13.2. The molecular formula is C26H27ClF6N4O3. The van der Waals surface area contributed by atoms with Crippen LogP contribution in [0.1, 0.15) is 55.5 Å². The first-order valence-corrected chi connectivity index (χ1v) is 12.9. The zero-order chi connectivity index (χ0) is 29.5. The van der Waals surface area contributed by atoms with Crippen molar-refractivity contribution in [2.24, 2.45) is 0 Å². The second-order valence-corrected chi connectivity index (χ2v) is 10.8. The molecule has 40 heavy (non-hydrogen) atoms. The third kappa shape index (κ3) is 6.91. The number of nitrogens with one attached hydrogen (secondary N) is 2. The Balaban J connectivity index is 1.36. The first kappa shape index (κ1) is 29.8. The van der Waals surface area contributed by atoms with E-state index in [1.807, 2.05) is 0 Å². The molecule has 2 N–H and O–H groups in total. The Morgan fingerprint density at radius 1 is 1.05 bits per heavy atom. The van der Waals surface area contributed by atoms with Gasteiger partial charge >= 0.3 is 12.4 Å². The van der Waals surface area contributed by atoms with E-state index in [-0.39, 0.29) is 29.4 Å². The van der Waals surface area contributed by atoms with Gasteiger partial charge in [-0.3, -0.25) is 9.59 Å². The average molecular weight is 593 g/mol. The maximum Gasteiger partial charge on any atom is 0.417 e. The second kappa shape index (κ2) is 11.0. The summed E-state index contributed by atoms with van der Waals surface area (Å²) >= 11 is 5.66. The number of alkyl halides is 6. The molecule has 4 rings (SSSR count). The number of aromatic nitrogens is 1. The van der Waals surface area contributed by atoms with Crippen LogP contribution < -0.4 is 20.3 Å². The van der Waals surface area contributed by atoms with Crippen LogP contribution in [0.15, 0.2) is 36.5 Å². The lowest BCUT2D eigenvalue weighted by Crippen LogP contribution is -2.55. The van der Waals surface area contributed by atoms with Gasteiger partial charge in [0.15, 0.2) is 5.60 Å². The number of anilines is 1. The summed E-state index contributed by atoms with van der Waals surface area (Å²) in [7, 11) is 0. The quantitative estimate of drug-likeness (QED) is 0.414. The van der Waals surface area contributed by atoms with Gasteiger partial charge in [0.25, 0.3) is 11.8 Å². The Morgan fingerprint density at radius 2 is 1.70 bits per heavy atom. The molecule has 3 heterocycles. The molecule has 0 spiro atoms. The highest BCUT2D eigenvalue weighted by atomic mass is 35.5. The van der Waals surface area contributed by atoms with Crippen molar-refractivity contribution in [3.05, 3.63) is 52.7 Å². The van der Waals surface area contributed by atoms with E-state index in [1.165, 1.54) is 32.2 Å². The molecule has 7 nitrogen and oxygen atoms in total. The van der Waals surface area contributed by atoms with Gasteiger partial charge in [-0.25, -0.2) is 4.98 Å². The fourth-order valence-corrected chi connectivity index (χ4v) is 5.33. The Labute approximate surface area is 231 Å². The molecule has 3 atom stereocenters. The lowest BCUT2D eigenvalue weighted by Gasteiger charge is -2.40. The van der Waals surface area contributed by atoms with Crippen LogP contribution in [0.3, 0.4) is 0 Å². The van der Waals surface area contributed by atoms with Gasteiger partial charge in [-0.15, -0.1) is 0 Å². The molecule has 1 aromatic heterocycles. The summed E-state index contributed by atoms with van der Waals surface area (Å²) in [6, 6.07) is 5.93. The van der Waals surface area contributed by atoms with Crippen molar-refractivity contribution in [1.82, 2.24) is 15.6 Å². The first-order chi connectivity index (χ1) is 18.5. The third-order valence-corrected chi connectivity index (χ3v) is 7.28. The molecule has 2 aliphatic rings. The van der Waals surface area contributed by atoms with E-state index in [0.29, 0.717) is 18.7 Å². The van der Waals surface area contributed by atoms with Crippen molar-refractivity contribution in [3.63, 3.8) is 0 Å². The molecular weight excluding hydrogens is 566 g/mol. The molecule has 2 aromatic rings. The van der Waals surface area contributed by atoms with Gasteiger partial charge < -0.3 is 20.3 Å². The summed E-state index contributed by atoms with van der Waals surface area (Å²) in [4.78, 5) is 31.4. The van der Waals surface area contributed by atoms with Gasteiger partial charge in [0.1, 0.15) is 18.1 Å². The highest BCUT2D eigenvalue weighted by Crippen LogP contribution is 2.39. The largest absolute Gasteiger partial charge is 0.478 e. The van der Waals surface area contributed by atoms with E-state index in [9.17, 15) is 35.9 Å². The number of halogens is 7. The van der Waals surface area contributed by atoms with Crippen LogP contribution in [-0.2, 0) is 11.0 Å². The highest BCUT2D eigenvalue weighted by Gasteiger charge is 2.43. The molecule has 0 radical (unpaired) electrons. The lowest BCUT2D eigenvalue weighted by atomic mass is 9.96. The van der Waals surface area contributed by atoms with Gasteiger partial charge in [-0.1, -0.05) is 11.6 Å². The average Bonchev–Trinajstić information content (AvgIpc) is 3.12. The number of carbonyl (C=O) groups is 2. The number of hydrogen-bond donors (Lipinski definition) is 2. The molecule has 2 saturated heterocycles. The van der Waals surface area contributed by atoms with Gasteiger partial charge in [0.2, 0.25) is 0 Å². The van der Waals surface area contributed by atoms with Crippen LogP contribution in [0.5, 0.6) is 5.75 Å². The fraction of sp³-hybridized carbons (Fsp3) is 0.500. The zero-order valence-electron chi connectivity index (χ0n) is 21.5. The van der Waals surface area contributed by atoms with E-state index < -0.39 is 46.9 Å². The lowest BCUT2D eigenvalue weighted by molar-refractivity contribution is -0.137. The SMILES string of the molecule is CC(C)(Oc1ccc(Cl)c(C(F)(F)F)c1)C(=O)N[C@H]1C[C@H]2CC[C@@H](C1)N2c1ccc(C(=O)NCC(F)(F)F)cn1. The van der Waals surface area contributed by atoms with E-state index in [4.69, 9.17) is 16.3 Å². The molecule has 2 fully saturated rings. The Bertz CT molecular complexity index is 1240. The maximum absolute atomic E-state index is 13.2. The van der Waals surface area contributed by atoms with Crippen LogP contribution >= 0.6 is 11.6 Å². The van der Waals surface area contributed by atoms with Crippen LogP contribution in [-0.4, -0.2) is 53.2 Å². The van der Waals surface area contributed by atoms with E-state index in [2.05, 4.69) is 15.2 Å². The molecule has 2 aliphatic heterocycles. The molecule has 218 valence electrons. The van der Waals surface area contributed by atoms with E-state index in [0.717, 1.165) is 25.0 Å². The predicted molar refractivity (Wildman–Crippen MR) is 134 cm³/mol. The minimum Gasteiger partial charge on any atom is -0.478 e. The number of piperidine rings is 1. The van der Waals surface area contributed by atoms with Crippen molar-refractivity contribution in [3.8, 4) is 5.75 Å². The number of hydrogen-bond acceptors (Lipinski definition) is 5. The zero-order valence-corrected chi connectivity index (χ0v) is 22.3. The number of ether oxygens (including phenoxy) is 1. The number of amides is 2. The molecule has 0 saturated carbocycles. The van der Waals surface area contributed by atoms with Crippen molar-refractivity contribution >= 4 is 29.2 Å². The standard InChI is InChI=1S/C26H27ClF6N4O3/c1-24(2,40-18-6-7-20(27)19(11-18)26(31,32)33)23(39)36-15-9-16-4-5-17(10-15)37(16)21-8-3-14(12-34-21)22(38)35-13-25(28,29)30/h3,6-8,11-12,15-17H,4-5,9-10,13H2,1-2H3,(H,35,38)(H,36,39)/t15-,16+,17-. The molecule has 2 amide bonds. The molecule has 0 unspecified atom stereocenters. The molecule has 2 bridgehead atoms. The van der Waals surface area contributed by atoms with Crippen molar-refractivity contribution in [2.75, 3.05) is 11.4 Å². The molecule has 14 heteroatoms. The van der Waals surface area contributed by atoms with Gasteiger partial charge in [0.05, 0.1) is 16.1 Å². The molecule has 0 aliphatic carbocycles. The summed E-state index contributed by atoms with van der Waals surface area (Å²) in [5.74, 6) is -0.926. The minimum absolute atomic E-state index is 0.00719. The predicted octanol–water partition coefficient (Wildman–Crippen LogP) is 5.52. The summed E-state index contributed by atoms with van der Waals surface area (Å²) in [5.41, 5.74) is -2.53. The summed E-state index contributed by atoms with van der Waals surface area (Å²) < 4.78 is 82.3. The fourth-order valence-electron chi connectivity index (χ4n) is 5.11. The Hall–Kier alpha value is -3.22. The van der Waals surface area contributed by atoms with Crippen LogP contribution in [0.4, 0.5) is 32.2 Å². The van der Waals surface area contributed by atoms with E-state index >= 15 is 0 Å². The number of fused-ring (bicyclic) bond motifs is 2. The number of pyridine rings is 1. The van der Waals surface area contributed by atoms with Gasteiger partial charge in [0, 0.05) is 24.3 Å². The topological polar surface area (TPSA) is 83.6 Å². The molecule has 1 aromatic carbocycles. The van der Waals surface area contributed by atoms with Crippen molar-refractivity contribution < 1.29 is 40.7 Å². The van der Waals surface area contributed by atoms with Gasteiger partial charge in [-0.2, -0.15) is 26.3 Å². The monoisotopic (exact) mass is 592 g/mol. The summed E-state index contributed by atoms with van der Waals surface area (Å²) in [5, 5.41) is 4.29. The normalized spacial score (nSPS) is 21.2. The number of benzene rings is 1. The number of carbonyl (C=O) groups excluding carboxylic acids is 2. The smallest absolute Gasteiger partial charge is 0.417 e. The van der Waals surface area contributed by atoms with Crippen molar-refractivity contribution in [2.45, 2.75) is 75.6 Å². The van der Waals surface area contributed by atoms with Crippen molar-refractivity contribution in [1.29, 1.82) is 0 Å².